The van der Waals surface area contributed by atoms with E-state index in [0.29, 0.717) is 10.6 Å². The van der Waals surface area contributed by atoms with Crippen LogP contribution in [0.2, 0.25) is 5.02 Å². The van der Waals surface area contributed by atoms with E-state index in [0.717, 1.165) is 29.5 Å². The van der Waals surface area contributed by atoms with E-state index in [1.165, 1.54) is 6.07 Å². The van der Waals surface area contributed by atoms with Gasteiger partial charge in [-0.25, -0.2) is 4.39 Å². The first-order valence-corrected chi connectivity index (χ1v) is 10.4. The number of benzene rings is 3. The molecule has 0 saturated heterocycles. The predicted molar refractivity (Wildman–Crippen MR) is 120 cm³/mol. The molecule has 0 aliphatic rings. The minimum atomic E-state index is -0.517. The Bertz CT molecular complexity index is 976. The molecule has 3 rings (SSSR count). The summed E-state index contributed by atoms with van der Waals surface area (Å²) in [6, 6.07) is 21.8. The zero-order chi connectivity index (χ0) is 21.5. The number of hydrogen-bond acceptors (Lipinski definition) is 2. The maximum Gasteiger partial charge on any atom is 0.241 e. The number of hydrogen-bond donors (Lipinski definition) is 2. The lowest BCUT2D eigenvalue weighted by Gasteiger charge is -2.26. The molecule has 0 heterocycles. The minimum absolute atomic E-state index is 0.114. The monoisotopic (exact) mass is 424 g/mol. The SMILES string of the molecule is CNC(=O)C(N[C@H](CCc1ccc(Cl)cc1)c1ccc(F)c(C)c1)c1ccccc1. The van der Waals surface area contributed by atoms with Crippen LogP contribution in [0.3, 0.4) is 0 Å². The molecule has 1 unspecified atom stereocenters. The van der Waals surface area contributed by atoms with Gasteiger partial charge in [-0.3, -0.25) is 10.1 Å². The first-order chi connectivity index (χ1) is 14.5. The molecular weight excluding hydrogens is 399 g/mol. The molecule has 2 atom stereocenters. The predicted octanol–water partition coefficient (Wildman–Crippen LogP) is 5.54. The van der Waals surface area contributed by atoms with Crippen LogP contribution in [0, 0.1) is 12.7 Å². The van der Waals surface area contributed by atoms with Gasteiger partial charge in [0.25, 0.3) is 0 Å². The molecule has 3 aromatic rings. The van der Waals surface area contributed by atoms with Crippen LogP contribution in [0.15, 0.2) is 72.8 Å². The summed E-state index contributed by atoms with van der Waals surface area (Å²) < 4.78 is 13.9. The number of rotatable bonds is 8. The summed E-state index contributed by atoms with van der Waals surface area (Å²) in [6.45, 7) is 1.75. The molecule has 0 spiro atoms. The largest absolute Gasteiger partial charge is 0.358 e. The fourth-order valence-corrected chi connectivity index (χ4v) is 3.63. The molecular formula is C25H26ClFN2O. The van der Waals surface area contributed by atoms with Crippen molar-refractivity contribution in [3.05, 3.63) is 106 Å². The fourth-order valence-electron chi connectivity index (χ4n) is 3.51. The lowest BCUT2D eigenvalue weighted by molar-refractivity contribution is -0.123. The Morgan fingerprint density at radius 1 is 1.00 bits per heavy atom. The molecule has 0 aromatic heterocycles. The summed E-state index contributed by atoms with van der Waals surface area (Å²) in [7, 11) is 1.63. The Morgan fingerprint density at radius 2 is 1.70 bits per heavy atom. The van der Waals surface area contributed by atoms with E-state index >= 15 is 0 Å². The van der Waals surface area contributed by atoms with Gasteiger partial charge in [0.1, 0.15) is 11.9 Å². The van der Waals surface area contributed by atoms with E-state index in [1.54, 1.807) is 20.0 Å². The van der Waals surface area contributed by atoms with Gasteiger partial charge in [-0.15, -0.1) is 0 Å². The number of aryl methyl sites for hydroxylation is 2. The summed E-state index contributed by atoms with van der Waals surface area (Å²) in [5.74, 6) is -0.349. The maximum absolute atomic E-state index is 13.9. The molecule has 156 valence electrons. The van der Waals surface area contributed by atoms with Gasteiger partial charge in [0.15, 0.2) is 0 Å². The van der Waals surface area contributed by atoms with Gasteiger partial charge < -0.3 is 5.32 Å². The Balaban J connectivity index is 1.89. The van der Waals surface area contributed by atoms with Crippen molar-refractivity contribution >= 4 is 17.5 Å². The van der Waals surface area contributed by atoms with Crippen molar-refractivity contribution in [1.82, 2.24) is 10.6 Å². The smallest absolute Gasteiger partial charge is 0.241 e. The molecule has 2 N–H and O–H groups in total. The van der Waals surface area contributed by atoms with E-state index in [9.17, 15) is 9.18 Å². The highest BCUT2D eigenvalue weighted by Gasteiger charge is 2.24. The van der Waals surface area contributed by atoms with Crippen LogP contribution in [0.25, 0.3) is 0 Å². The van der Waals surface area contributed by atoms with Gasteiger partial charge in [0.2, 0.25) is 5.91 Å². The zero-order valence-corrected chi connectivity index (χ0v) is 17.9. The maximum atomic E-state index is 13.9. The Morgan fingerprint density at radius 3 is 2.33 bits per heavy atom. The third-order valence-corrected chi connectivity index (χ3v) is 5.48. The fraction of sp³-hybridized carbons (Fsp3) is 0.240. The standard InChI is InChI=1S/C25H26ClFN2O/c1-17-16-20(11-14-22(17)27)23(15-10-18-8-12-21(26)13-9-18)29-24(25(30)28-2)19-6-4-3-5-7-19/h3-9,11-14,16,23-24,29H,10,15H2,1-2H3,(H,28,30)/t23-,24?/m1/s1. The highest BCUT2D eigenvalue weighted by atomic mass is 35.5. The van der Waals surface area contributed by atoms with Gasteiger partial charge in [-0.2, -0.15) is 0 Å². The number of halogens is 2. The first-order valence-electron chi connectivity index (χ1n) is 10.0. The number of nitrogens with one attached hydrogen (secondary N) is 2. The average Bonchev–Trinajstić information content (AvgIpc) is 2.77. The first kappa shape index (κ1) is 22.0. The van der Waals surface area contributed by atoms with E-state index < -0.39 is 6.04 Å². The molecule has 30 heavy (non-hydrogen) atoms. The van der Waals surface area contributed by atoms with E-state index in [2.05, 4.69) is 10.6 Å². The highest BCUT2D eigenvalue weighted by Crippen LogP contribution is 2.26. The number of likely N-dealkylation sites (N-methyl/N-ethyl adjacent to an activating group) is 1. The van der Waals surface area contributed by atoms with Crippen LogP contribution in [0.5, 0.6) is 0 Å². The summed E-state index contributed by atoms with van der Waals surface area (Å²) in [4.78, 5) is 12.7. The van der Waals surface area contributed by atoms with Crippen molar-refractivity contribution in [2.45, 2.75) is 31.8 Å². The van der Waals surface area contributed by atoms with Gasteiger partial charge >= 0.3 is 0 Å². The average molecular weight is 425 g/mol. The van der Waals surface area contributed by atoms with Crippen LogP contribution < -0.4 is 10.6 Å². The summed E-state index contributed by atoms with van der Waals surface area (Å²) in [6.07, 6.45) is 1.54. The van der Waals surface area contributed by atoms with Crippen LogP contribution >= 0.6 is 11.6 Å². The number of amides is 1. The number of carbonyl (C=O) groups excluding carboxylic acids is 1. The second kappa shape index (κ2) is 10.4. The summed E-state index contributed by atoms with van der Waals surface area (Å²) in [5.41, 5.74) is 3.57. The third-order valence-electron chi connectivity index (χ3n) is 5.23. The molecule has 0 radical (unpaired) electrons. The van der Waals surface area contributed by atoms with Crippen molar-refractivity contribution in [1.29, 1.82) is 0 Å². The van der Waals surface area contributed by atoms with Crippen LogP contribution in [-0.2, 0) is 11.2 Å². The minimum Gasteiger partial charge on any atom is -0.358 e. The summed E-state index contributed by atoms with van der Waals surface area (Å²) in [5, 5.41) is 6.95. The van der Waals surface area contributed by atoms with Crippen molar-refractivity contribution in [2.75, 3.05) is 7.05 Å². The third kappa shape index (κ3) is 5.68. The zero-order valence-electron chi connectivity index (χ0n) is 17.2. The van der Waals surface area contributed by atoms with Crippen molar-refractivity contribution in [3.63, 3.8) is 0 Å². The molecule has 0 bridgehead atoms. The van der Waals surface area contributed by atoms with Crippen molar-refractivity contribution in [2.24, 2.45) is 0 Å². The van der Waals surface area contributed by atoms with Gasteiger partial charge in [-0.1, -0.05) is 66.2 Å². The van der Waals surface area contributed by atoms with E-state index in [-0.39, 0.29) is 17.8 Å². The van der Waals surface area contributed by atoms with E-state index in [4.69, 9.17) is 11.6 Å². The number of carbonyl (C=O) groups is 1. The lowest BCUT2D eigenvalue weighted by Crippen LogP contribution is -2.38. The molecule has 5 heteroatoms. The van der Waals surface area contributed by atoms with Crippen LogP contribution in [0.4, 0.5) is 4.39 Å². The quantitative estimate of drug-likeness (QED) is 0.498. The highest BCUT2D eigenvalue weighted by molar-refractivity contribution is 6.30. The topological polar surface area (TPSA) is 41.1 Å². The van der Waals surface area contributed by atoms with Gasteiger partial charge in [0.05, 0.1) is 0 Å². The normalized spacial score (nSPS) is 12.9. The molecule has 3 nitrogen and oxygen atoms in total. The second-order valence-electron chi connectivity index (χ2n) is 7.35. The van der Waals surface area contributed by atoms with E-state index in [1.807, 2.05) is 60.7 Å². The van der Waals surface area contributed by atoms with Crippen molar-refractivity contribution in [3.8, 4) is 0 Å². The Labute approximate surface area is 182 Å². The molecule has 3 aromatic carbocycles. The summed E-state index contributed by atoms with van der Waals surface area (Å²) >= 11 is 6.00. The molecule has 0 fully saturated rings. The Hall–Kier alpha value is -2.69. The lowest BCUT2D eigenvalue weighted by atomic mass is 9.95. The van der Waals surface area contributed by atoms with Crippen molar-refractivity contribution < 1.29 is 9.18 Å². The van der Waals surface area contributed by atoms with Crippen LogP contribution in [-0.4, -0.2) is 13.0 Å². The molecule has 1 amide bonds. The van der Waals surface area contributed by atoms with Gasteiger partial charge in [-0.05, 0) is 60.2 Å². The molecule has 0 aliphatic heterocycles. The Kier molecular flexibility index (Phi) is 7.61. The second-order valence-corrected chi connectivity index (χ2v) is 7.79. The molecule has 0 saturated carbocycles. The molecule has 0 aliphatic carbocycles. The van der Waals surface area contributed by atoms with Crippen LogP contribution in [0.1, 0.15) is 40.8 Å². The van der Waals surface area contributed by atoms with Gasteiger partial charge in [0, 0.05) is 18.1 Å².